The number of anilines is 1. The van der Waals surface area contributed by atoms with E-state index >= 15 is 0 Å². The predicted molar refractivity (Wildman–Crippen MR) is 100 cm³/mol. The van der Waals surface area contributed by atoms with Crippen molar-refractivity contribution in [2.24, 2.45) is 5.92 Å². The summed E-state index contributed by atoms with van der Waals surface area (Å²) in [5.74, 6) is 1.58. The number of pyridine rings is 1. The molecular weight excluding hydrogens is 312 g/mol. The van der Waals surface area contributed by atoms with Crippen LogP contribution < -0.4 is 10.6 Å². The zero-order valence-corrected chi connectivity index (χ0v) is 14.7. The van der Waals surface area contributed by atoms with Crippen LogP contribution in [-0.2, 0) is 11.3 Å². The summed E-state index contributed by atoms with van der Waals surface area (Å²) in [4.78, 5) is 18.8. The van der Waals surface area contributed by atoms with Gasteiger partial charge in [0.1, 0.15) is 5.82 Å². The van der Waals surface area contributed by atoms with Crippen molar-refractivity contribution in [3.8, 4) is 0 Å². The number of nitrogens with one attached hydrogen (secondary N) is 2. The van der Waals surface area contributed by atoms with Crippen molar-refractivity contribution in [1.82, 2.24) is 15.2 Å². The fraction of sp³-hybridized carbons (Fsp3) is 0.400. The van der Waals surface area contributed by atoms with Gasteiger partial charge in [0.15, 0.2) is 0 Å². The topological polar surface area (TPSA) is 57.3 Å². The highest BCUT2D eigenvalue weighted by Crippen LogP contribution is 2.16. The van der Waals surface area contributed by atoms with Gasteiger partial charge in [0, 0.05) is 25.3 Å². The van der Waals surface area contributed by atoms with Gasteiger partial charge in [0.2, 0.25) is 5.91 Å². The van der Waals surface area contributed by atoms with Crippen molar-refractivity contribution >= 4 is 11.7 Å². The van der Waals surface area contributed by atoms with Crippen molar-refractivity contribution in [3.63, 3.8) is 0 Å². The Balaban J connectivity index is 1.37. The maximum atomic E-state index is 12.1. The molecule has 1 fully saturated rings. The molecule has 1 aromatic carbocycles. The first-order valence-electron chi connectivity index (χ1n) is 8.89. The molecule has 3 rings (SSSR count). The van der Waals surface area contributed by atoms with Crippen LogP contribution in [0.3, 0.4) is 0 Å². The lowest BCUT2D eigenvalue weighted by Crippen LogP contribution is -2.36. The monoisotopic (exact) mass is 338 g/mol. The third kappa shape index (κ3) is 5.57. The van der Waals surface area contributed by atoms with E-state index in [9.17, 15) is 4.79 Å². The predicted octanol–water partition coefficient (Wildman–Crippen LogP) is 2.44. The van der Waals surface area contributed by atoms with Crippen molar-refractivity contribution in [2.75, 3.05) is 31.5 Å². The van der Waals surface area contributed by atoms with Crippen LogP contribution >= 0.6 is 0 Å². The molecule has 2 N–H and O–H groups in total. The number of nitrogens with zero attached hydrogens (tertiary/aromatic N) is 2. The number of carbonyl (C=O) groups excluding carboxylic acids is 1. The lowest BCUT2D eigenvalue weighted by atomic mass is 10.1. The van der Waals surface area contributed by atoms with E-state index in [2.05, 4.69) is 20.5 Å². The first-order valence-corrected chi connectivity index (χ1v) is 8.89. The van der Waals surface area contributed by atoms with Gasteiger partial charge in [0.05, 0.1) is 6.54 Å². The van der Waals surface area contributed by atoms with Crippen molar-refractivity contribution in [1.29, 1.82) is 0 Å². The highest BCUT2D eigenvalue weighted by molar-refractivity contribution is 5.78. The van der Waals surface area contributed by atoms with Crippen molar-refractivity contribution < 1.29 is 4.79 Å². The van der Waals surface area contributed by atoms with E-state index < -0.39 is 0 Å². The lowest BCUT2D eigenvalue weighted by Gasteiger charge is -2.16. The molecule has 0 aliphatic carbocycles. The van der Waals surface area contributed by atoms with Gasteiger partial charge in [-0.1, -0.05) is 36.4 Å². The van der Waals surface area contributed by atoms with Crippen LogP contribution in [0.1, 0.15) is 17.7 Å². The summed E-state index contributed by atoms with van der Waals surface area (Å²) in [6, 6.07) is 16.0. The third-order valence-electron chi connectivity index (χ3n) is 4.53. The number of rotatable bonds is 7. The number of aromatic nitrogens is 1. The molecular formula is C20H26N4O. The van der Waals surface area contributed by atoms with Gasteiger partial charge in [-0.3, -0.25) is 9.69 Å². The zero-order chi connectivity index (χ0) is 17.5. The van der Waals surface area contributed by atoms with Crippen molar-refractivity contribution in [2.45, 2.75) is 19.9 Å². The number of hydrogen-bond donors (Lipinski definition) is 2. The Morgan fingerprint density at radius 2 is 2.04 bits per heavy atom. The van der Waals surface area contributed by atoms with Gasteiger partial charge >= 0.3 is 0 Å². The summed E-state index contributed by atoms with van der Waals surface area (Å²) in [6.07, 6.45) is 1.12. The van der Waals surface area contributed by atoms with E-state index in [1.54, 1.807) is 0 Å². The Hall–Kier alpha value is -2.40. The molecule has 0 saturated carbocycles. The van der Waals surface area contributed by atoms with Crippen LogP contribution in [-0.4, -0.2) is 42.0 Å². The quantitative estimate of drug-likeness (QED) is 0.814. The Morgan fingerprint density at radius 3 is 2.84 bits per heavy atom. The Kier molecular flexibility index (Phi) is 6.01. The van der Waals surface area contributed by atoms with E-state index in [0.29, 0.717) is 19.0 Å². The maximum absolute atomic E-state index is 12.1. The molecule has 1 aliphatic rings. The number of amides is 1. The van der Waals surface area contributed by atoms with Gasteiger partial charge < -0.3 is 10.6 Å². The SMILES string of the molecule is Cc1cccc(NC[C@@H]2CCN(CC(=O)NCc3ccccc3)C2)n1. The largest absolute Gasteiger partial charge is 0.370 e. The van der Waals surface area contributed by atoms with Gasteiger partial charge in [-0.15, -0.1) is 0 Å². The second kappa shape index (κ2) is 8.62. The minimum absolute atomic E-state index is 0.0952. The smallest absolute Gasteiger partial charge is 0.234 e. The molecule has 5 nitrogen and oxygen atoms in total. The lowest BCUT2D eigenvalue weighted by molar-refractivity contribution is -0.122. The molecule has 1 aliphatic heterocycles. The molecule has 0 unspecified atom stereocenters. The number of aryl methyl sites for hydroxylation is 1. The first kappa shape index (κ1) is 17.4. The molecule has 5 heteroatoms. The van der Waals surface area contributed by atoms with E-state index in [1.807, 2.05) is 55.5 Å². The highest BCUT2D eigenvalue weighted by atomic mass is 16.2. The summed E-state index contributed by atoms with van der Waals surface area (Å²) in [7, 11) is 0. The van der Waals surface area contributed by atoms with Gasteiger partial charge in [-0.05, 0) is 43.5 Å². The Bertz CT molecular complexity index is 689. The molecule has 0 bridgehead atoms. The molecule has 1 atom stereocenters. The fourth-order valence-corrected chi connectivity index (χ4v) is 3.17. The van der Waals surface area contributed by atoms with Crippen LogP contribution in [0.4, 0.5) is 5.82 Å². The number of hydrogen-bond acceptors (Lipinski definition) is 4. The fourth-order valence-electron chi connectivity index (χ4n) is 3.17. The van der Waals surface area contributed by atoms with Crippen LogP contribution in [0.5, 0.6) is 0 Å². The van der Waals surface area contributed by atoms with E-state index in [-0.39, 0.29) is 5.91 Å². The average molecular weight is 338 g/mol. The minimum atomic E-state index is 0.0952. The number of likely N-dealkylation sites (tertiary alicyclic amines) is 1. The highest BCUT2D eigenvalue weighted by Gasteiger charge is 2.23. The molecule has 1 amide bonds. The maximum Gasteiger partial charge on any atom is 0.234 e. The summed E-state index contributed by atoms with van der Waals surface area (Å²) in [6.45, 7) is 5.91. The molecule has 132 valence electrons. The van der Waals surface area contributed by atoms with Gasteiger partial charge in [-0.2, -0.15) is 0 Å². The first-order chi connectivity index (χ1) is 12.2. The number of benzene rings is 1. The normalized spacial score (nSPS) is 17.4. The molecule has 25 heavy (non-hydrogen) atoms. The molecule has 0 spiro atoms. The van der Waals surface area contributed by atoms with Crippen molar-refractivity contribution in [3.05, 3.63) is 59.8 Å². The van der Waals surface area contributed by atoms with E-state index in [0.717, 1.165) is 43.1 Å². The second-order valence-electron chi connectivity index (χ2n) is 6.70. The van der Waals surface area contributed by atoms with E-state index in [1.165, 1.54) is 0 Å². The van der Waals surface area contributed by atoms with Crippen LogP contribution in [0.25, 0.3) is 0 Å². The van der Waals surface area contributed by atoms with E-state index in [4.69, 9.17) is 0 Å². The molecule has 1 saturated heterocycles. The molecule has 0 radical (unpaired) electrons. The molecule has 2 aromatic rings. The summed E-state index contributed by atoms with van der Waals surface area (Å²) in [5.41, 5.74) is 2.15. The van der Waals surface area contributed by atoms with Gasteiger partial charge in [-0.25, -0.2) is 4.98 Å². The van der Waals surface area contributed by atoms with Crippen LogP contribution in [0.2, 0.25) is 0 Å². The van der Waals surface area contributed by atoms with Gasteiger partial charge in [0.25, 0.3) is 0 Å². The summed E-state index contributed by atoms with van der Waals surface area (Å²) in [5, 5.41) is 6.41. The van der Waals surface area contributed by atoms with Crippen LogP contribution in [0, 0.1) is 12.8 Å². The Labute approximate surface area is 149 Å². The summed E-state index contributed by atoms with van der Waals surface area (Å²) >= 11 is 0. The zero-order valence-electron chi connectivity index (χ0n) is 14.7. The summed E-state index contributed by atoms with van der Waals surface area (Å²) < 4.78 is 0. The third-order valence-corrected chi connectivity index (χ3v) is 4.53. The molecule has 2 heterocycles. The standard InChI is InChI=1S/C20H26N4O/c1-16-6-5-9-19(23-16)21-13-18-10-11-24(14-18)15-20(25)22-12-17-7-3-2-4-8-17/h2-9,18H,10-15H2,1H3,(H,21,23)(H,22,25)/t18-/m0/s1. The van der Waals surface area contributed by atoms with Crippen LogP contribution in [0.15, 0.2) is 48.5 Å². The second-order valence-corrected chi connectivity index (χ2v) is 6.70. The molecule has 1 aromatic heterocycles. The average Bonchev–Trinajstić information content (AvgIpc) is 3.06. The Morgan fingerprint density at radius 1 is 1.20 bits per heavy atom. The minimum Gasteiger partial charge on any atom is -0.370 e. The number of carbonyl (C=O) groups is 1.